The Balaban J connectivity index is 2.93. The Hall–Kier alpha value is 3.17. The van der Waals surface area contributed by atoms with Gasteiger partial charge in [-0.15, -0.1) is 11.6 Å². The number of halogens is 7. The van der Waals surface area contributed by atoms with E-state index < -0.39 is 3.78 Å². The van der Waals surface area contributed by atoms with Crippen molar-refractivity contribution in [2.45, 2.75) is 27.9 Å². The van der Waals surface area contributed by atoms with Crippen molar-refractivity contribution in [2.75, 3.05) is 0 Å². The van der Waals surface area contributed by atoms with Gasteiger partial charge in [-0.05, 0) is 0 Å². The molecule has 1 aliphatic carbocycles. The molecule has 0 aromatic heterocycles. The Morgan fingerprint density at radius 3 is 1.38 bits per heavy atom. The van der Waals surface area contributed by atoms with Crippen molar-refractivity contribution < 1.29 is 0 Å². The van der Waals surface area contributed by atoms with E-state index in [0.29, 0.717) is 4.83 Å². The van der Waals surface area contributed by atoms with Crippen LogP contribution in [0.4, 0.5) is 0 Å². The van der Waals surface area contributed by atoms with E-state index in [1.54, 1.807) is 0 Å². The van der Waals surface area contributed by atoms with Gasteiger partial charge in [0.05, 0.1) is 9.65 Å². The van der Waals surface area contributed by atoms with Crippen LogP contribution in [0.2, 0.25) is 0 Å². The van der Waals surface area contributed by atoms with Crippen LogP contribution in [0.15, 0.2) is 0 Å². The zero-order chi connectivity index (χ0) is 10.4. The SMILES string of the molecule is ClC1(Br)C(Br)C(Br)C(Br)C(Br)C1Br. The van der Waals surface area contributed by atoms with E-state index in [4.69, 9.17) is 11.6 Å². The van der Waals surface area contributed by atoms with E-state index in [1.165, 1.54) is 0 Å². The lowest BCUT2D eigenvalue weighted by Crippen LogP contribution is -2.56. The van der Waals surface area contributed by atoms with Crippen LogP contribution >= 0.6 is 107 Å². The van der Waals surface area contributed by atoms with Crippen molar-refractivity contribution in [3.63, 3.8) is 0 Å². The van der Waals surface area contributed by atoms with Gasteiger partial charge in [0, 0.05) is 14.5 Å². The van der Waals surface area contributed by atoms with E-state index in [9.17, 15) is 0 Å². The van der Waals surface area contributed by atoms with Crippen molar-refractivity contribution in [3.8, 4) is 0 Å². The third kappa shape index (κ3) is 2.71. The quantitative estimate of drug-likeness (QED) is 0.342. The molecule has 0 heterocycles. The highest BCUT2D eigenvalue weighted by atomic mass is 79.9. The second-order valence-corrected chi connectivity index (χ2v) is 10.4. The van der Waals surface area contributed by atoms with Crippen molar-refractivity contribution in [1.29, 1.82) is 0 Å². The highest BCUT2D eigenvalue weighted by molar-refractivity contribution is 9.16. The Morgan fingerprint density at radius 2 is 1.08 bits per heavy atom. The summed E-state index contributed by atoms with van der Waals surface area (Å²) < 4.78 is -0.487. The highest BCUT2D eigenvalue weighted by Crippen LogP contribution is 2.52. The first-order chi connectivity index (χ1) is 5.80. The predicted octanol–water partition coefficient (Wildman–Crippen LogP) is 5.15. The topological polar surface area (TPSA) is 0 Å². The van der Waals surface area contributed by atoms with E-state index >= 15 is 0 Å². The zero-order valence-electron chi connectivity index (χ0n) is 6.03. The molecule has 1 aliphatic rings. The van der Waals surface area contributed by atoms with Gasteiger partial charge in [-0.1, -0.05) is 95.6 Å². The van der Waals surface area contributed by atoms with Gasteiger partial charge in [-0.25, -0.2) is 0 Å². The maximum absolute atomic E-state index is 6.37. The summed E-state index contributed by atoms with van der Waals surface area (Å²) in [4.78, 5) is 1.14. The second kappa shape index (κ2) is 5.21. The van der Waals surface area contributed by atoms with Crippen molar-refractivity contribution in [1.82, 2.24) is 0 Å². The predicted molar refractivity (Wildman–Crippen MR) is 81.1 cm³/mol. The van der Waals surface area contributed by atoms with Gasteiger partial charge in [-0.3, -0.25) is 0 Å². The van der Waals surface area contributed by atoms with Gasteiger partial charge in [0.25, 0.3) is 0 Å². The Bertz CT molecular complexity index is 180. The van der Waals surface area contributed by atoms with Crippen molar-refractivity contribution in [3.05, 3.63) is 0 Å². The molecule has 0 spiro atoms. The van der Waals surface area contributed by atoms with E-state index in [0.717, 1.165) is 0 Å². The van der Waals surface area contributed by atoms with Crippen LogP contribution < -0.4 is 0 Å². The number of rotatable bonds is 0. The standard InChI is InChI=1S/C6H5Br6Cl/c7-1-2(8)4(10)6(12,13)5(11)3(1)9/h1-5H. The molecule has 0 saturated heterocycles. The molecule has 0 bridgehead atoms. The first-order valence-corrected chi connectivity index (χ1v) is 9.13. The summed E-state index contributed by atoms with van der Waals surface area (Å²) >= 11 is 27.9. The summed E-state index contributed by atoms with van der Waals surface area (Å²) in [5.74, 6) is 0. The molecule has 1 fully saturated rings. The largest absolute Gasteiger partial charge is 0.126 e. The Morgan fingerprint density at radius 1 is 0.769 bits per heavy atom. The summed E-state index contributed by atoms with van der Waals surface area (Å²) in [6.07, 6.45) is 0. The molecule has 0 aromatic carbocycles. The molecule has 0 aliphatic heterocycles. The van der Waals surface area contributed by atoms with E-state index in [1.807, 2.05) is 0 Å². The first kappa shape index (κ1) is 14.2. The van der Waals surface area contributed by atoms with Gasteiger partial charge >= 0.3 is 0 Å². The molecule has 4 unspecified atom stereocenters. The van der Waals surface area contributed by atoms with Crippen molar-refractivity contribution >= 4 is 107 Å². The lowest BCUT2D eigenvalue weighted by atomic mass is 9.99. The third-order valence-electron chi connectivity index (χ3n) is 1.90. The fraction of sp³-hybridized carbons (Fsp3) is 1.00. The molecule has 4 atom stereocenters. The Labute approximate surface area is 133 Å². The molecule has 7 heteroatoms. The molecule has 1 rings (SSSR count). The van der Waals surface area contributed by atoms with Gasteiger partial charge in [0.1, 0.15) is 3.78 Å². The molecule has 0 radical (unpaired) electrons. The van der Waals surface area contributed by atoms with Gasteiger partial charge in [0.2, 0.25) is 0 Å². The molecule has 0 nitrogen and oxygen atoms in total. The van der Waals surface area contributed by atoms with Gasteiger partial charge < -0.3 is 0 Å². The summed E-state index contributed by atoms with van der Waals surface area (Å²) in [5.41, 5.74) is 0. The van der Waals surface area contributed by atoms with Crippen LogP contribution in [0, 0.1) is 0 Å². The minimum absolute atomic E-state index is 0.143. The molecular formula is C6H5Br6Cl. The average molecular weight is 592 g/mol. The minimum Gasteiger partial charge on any atom is -0.104 e. The summed E-state index contributed by atoms with van der Waals surface area (Å²) in [6, 6.07) is 0. The molecule has 13 heavy (non-hydrogen) atoms. The third-order valence-corrected chi connectivity index (χ3v) is 13.9. The molecule has 0 N–H and O–H groups in total. The summed E-state index contributed by atoms with van der Waals surface area (Å²) in [5, 5.41) is 0. The molecule has 0 aromatic rings. The highest BCUT2D eigenvalue weighted by Gasteiger charge is 2.54. The Kier molecular flexibility index (Phi) is 5.71. The number of hydrogen-bond donors (Lipinski definition) is 0. The zero-order valence-corrected chi connectivity index (χ0v) is 16.3. The van der Waals surface area contributed by atoms with E-state index in [-0.39, 0.29) is 19.3 Å². The normalized spacial score (nSPS) is 57.9. The lowest BCUT2D eigenvalue weighted by Gasteiger charge is -2.44. The maximum Gasteiger partial charge on any atom is 0.126 e. The molecular weight excluding hydrogens is 587 g/mol. The maximum atomic E-state index is 6.37. The fourth-order valence-electron chi connectivity index (χ4n) is 1.08. The molecule has 1 saturated carbocycles. The minimum atomic E-state index is -0.487. The smallest absolute Gasteiger partial charge is 0.104 e. The van der Waals surface area contributed by atoms with E-state index in [2.05, 4.69) is 95.6 Å². The fourth-order valence-corrected chi connectivity index (χ4v) is 7.84. The average Bonchev–Trinajstić information content (AvgIpc) is 2.09. The van der Waals surface area contributed by atoms with Crippen LogP contribution in [0.5, 0.6) is 0 Å². The van der Waals surface area contributed by atoms with Crippen LogP contribution in [-0.2, 0) is 0 Å². The molecule has 0 amide bonds. The monoisotopic (exact) mass is 586 g/mol. The lowest BCUT2D eigenvalue weighted by molar-refractivity contribution is 0.578. The second-order valence-electron chi connectivity index (χ2n) is 2.81. The van der Waals surface area contributed by atoms with Gasteiger partial charge in [-0.2, -0.15) is 0 Å². The van der Waals surface area contributed by atoms with Crippen LogP contribution in [-0.4, -0.2) is 27.9 Å². The summed E-state index contributed by atoms with van der Waals surface area (Å²) in [6.45, 7) is 0. The summed E-state index contributed by atoms with van der Waals surface area (Å²) in [7, 11) is 0. The molecule has 78 valence electrons. The number of alkyl halides is 7. The van der Waals surface area contributed by atoms with Crippen LogP contribution in [0.3, 0.4) is 0 Å². The van der Waals surface area contributed by atoms with Crippen LogP contribution in [0.25, 0.3) is 0 Å². The number of hydrogen-bond acceptors (Lipinski definition) is 0. The first-order valence-electron chi connectivity index (χ1n) is 3.38. The van der Waals surface area contributed by atoms with Gasteiger partial charge in [0.15, 0.2) is 0 Å². The van der Waals surface area contributed by atoms with Crippen molar-refractivity contribution in [2.24, 2.45) is 0 Å². The van der Waals surface area contributed by atoms with Crippen LogP contribution in [0.1, 0.15) is 0 Å².